The Morgan fingerprint density at radius 2 is 2.22 bits per heavy atom. The number of halogens is 1. The van der Waals surface area contributed by atoms with Crippen LogP contribution >= 0.6 is 34.7 Å². The number of rotatable bonds is 8. The predicted molar refractivity (Wildman–Crippen MR) is 138 cm³/mol. The van der Waals surface area contributed by atoms with Gasteiger partial charge in [0.15, 0.2) is 10.8 Å². The van der Waals surface area contributed by atoms with Gasteiger partial charge in [0.05, 0.1) is 0 Å². The second kappa shape index (κ2) is 10.1. The second-order valence-corrected chi connectivity index (χ2v) is 10.5. The lowest BCUT2D eigenvalue weighted by atomic mass is 10.0. The zero-order chi connectivity index (χ0) is 26.3. The maximum atomic E-state index is 13.1. The number of amides is 2. The number of allylic oxidation sites excluding steroid dienone is 1. The summed E-state index contributed by atoms with van der Waals surface area (Å²) in [4.78, 5) is 50.5. The van der Waals surface area contributed by atoms with Gasteiger partial charge >= 0.3 is 5.97 Å². The Hall–Kier alpha value is -3.56. The molecular weight excluding hydrogens is 544 g/mol. The number of carbonyl (C=O) groups excluding carboxylic acids is 2. The van der Waals surface area contributed by atoms with Crippen molar-refractivity contribution in [2.75, 3.05) is 24.6 Å². The number of hydrogen-bond acceptors (Lipinski definition) is 12. The average Bonchev–Trinajstić information content (AvgIpc) is 3.47. The number of thioether (sulfide) groups is 1. The van der Waals surface area contributed by atoms with Crippen molar-refractivity contribution in [2.24, 2.45) is 10.3 Å². The summed E-state index contributed by atoms with van der Waals surface area (Å²) in [7, 11) is 0. The second-order valence-electron chi connectivity index (χ2n) is 8.06. The number of carbonyl (C=O) groups is 3. The van der Waals surface area contributed by atoms with Crippen LogP contribution in [0.1, 0.15) is 19.0 Å². The molecule has 194 valence electrons. The highest BCUT2D eigenvalue weighted by molar-refractivity contribution is 8.00. The molecule has 2 atom stereocenters. The molecule has 0 unspecified atom stereocenters. The van der Waals surface area contributed by atoms with Crippen LogP contribution in [0.3, 0.4) is 0 Å². The molecule has 37 heavy (non-hydrogen) atoms. The maximum Gasteiger partial charge on any atom is 0.352 e. The van der Waals surface area contributed by atoms with Crippen molar-refractivity contribution >= 4 is 68.5 Å². The minimum atomic E-state index is -1.21. The minimum absolute atomic E-state index is 0.0838. The summed E-state index contributed by atoms with van der Waals surface area (Å²) >= 11 is 8.51. The van der Waals surface area contributed by atoms with Crippen LogP contribution in [0, 0.1) is 0 Å². The van der Waals surface area contributed by atoms with Crippen LogP contribution in [0.5, 0.6) is 0 Å². The first kappa shape index (κ1) is 25.1. The van der Waals surface area contributed by atoms with E-state index in [0.717, 1.165) is 17.2 Å². The summed E-state index contributed by atoms with van der Waals surface area (Å²) in [5, 5.41) is 24.0. The van der Waals surface area contributed by atoms with E-state index in [1.165, 1.54) is 16.7 Å². The van der Waals surface area contributed by atoms with Crippen LogP contribution in [0.4, 0.5) is 5.13 Å². The number of nitrogen functional groups attached to an aromatic ring is 1. The lowest BCUT2D eigenvalue weighted by Crippen LogP contribution is -2.71. The molecule has 0 radical (unpaired) electrons. The van der Waals surface area contributed by atoms with Gasteiger partial charge in [-0.1, -0.05) is 16.8 Å². The quantitative estimate of drug-likeness (QED) is 0.236. The van der Waals surface area contributed by atoms with Gasteiger partial charge < -0.3 is 25.9 Å². The Labute approximate surface area is 223 Å². The predicted octanol–water partition coefficient (Wildman–Crippen LogP) is 1.09. The molecule has 0 saturated carbocycles. The lowest BCUT2D eigenvalue weighted by Gasteiger charge is -2.49. The van der Waals surface area contributed by atoms with E-state index in [0.29, 0.717) is 22.9 Å². The molecule has 13 nitrogen and oxygen atoms in total. The number of fused-ring (bicyclic) bond motifs is 2. The normalized spacial score (nSPS) is 22.8. The van der Waals surface area contributed by atoms with Crippen molar-refractivity contribution < 1.29 is 24.3 Å². The topological polar surface area (TPSA) is 166 Å². The van der Waals surface area contributed by atoms with E-state index < -0.39 is 29.2 Å². The molecule has 0 spiro atoms. The van der Waals surface area contributed by atoms with Gasteiger partial charge in [-0.2, -0.15) is 5.10 Å². The number of hydrogen-bond donors (Lipinski definition) is 3. The number of carboxylic acids is 1. The van der Waals surface area contributed by atoms with E-state index >= 15 is 0 Å². The van der Waals surface area contributed by atoms with Gasteiger partial charge in [-0.05, 0) is 18.6 Å². The highest BCUT2D eigenvalue weighted by Gasteiger charge is 2.54. The van der Waals surface area contributed by atoms with Crippen LogP contribution < -0.4 is 11.1 Å². The van der Waals surface area contributed by atoms with Crippen molar-refractivity contribution in [1.29, 1.82) is 0 Å². The third kappa shape index (κ3) is 4.65. The van der Waals surface area contributed by atoms with Crippen LogP contribution in [-0.4, -0.2) is 83.9 Å². The zero-order valence-corrected chi connectivity index (χ0v) is 21.7. The van der Waals surface area contributed by atoms with E-state index in [4.69, 9.17) is 22.2 Å². The number of aromatic nitrogens is 1. The van der Waals surface area contributed by atoms with Crippen LogP contribution in [0.15, 0.2) is 51.2 Å². The minimum Gasteiger partial charge on any atom is -0.477 e. The van der Waals surface area contributed by atoms with Crippen molar-refractivity contribution in [1.82, 2.24) is 25.1 Å². The Morgan fingerprint density at radius 1 is 1.41 bits per heavy atom. The van der Waals surface area contributed by atoms with Gasteiger partial charge in [0.2, 0.25) is 0 Å². The number of nitrogens with one attached hydrogen (secondary N) is 1. The van der Waals surface area contributed by atoms with Gasteiger partial charge in [-0.15, -0.1) is 23.1 Å². The highest BCUT2D eigenvalue weighted by atomic mass is 35.5. The molecule has 1 aromatic rings. The van der Waals surface area contributed by atoms with Crippen molar-refractivity contribution in [3.05, 3.63) is 46.6 Å². The SMILES string of the molecule is CCON=C(C(=O)N[C@@H]1C(=O)N2C(C(=O)O)=C(CN3C=CN4N=C(Cl)CC=C34)CS[C@@H]12)c1csc(N)n1. The number of hydrazone groups is 1. The molecule has 4 aliphatic rings. The summed E-state index contributed by atoms with van der Waals surface area (Å²) in [5.74, 6) is -1.30. The Balaban J connectivity index is 1.32. The number of nitrogens with zero attached hydrogens (tertiary/aromatic N) is 6. The number of aliphatic carboxylic acids is 1. The summed E-state index contributed by atoms with van der Waals surface area (Å²) < 4.78 is 0. The number of carboxylic acid groups (broad SMARTS) is 1. The molecule has 0 aliphatic carbocycles. The molecule has 5 rings (SSSR count). The van der Waals surface area contributed by atoms with E-state index in [9.17, 15) is 19.5 Å². The summed E-state index contributed by atoms with van der Waals surface area (Å²) in [6.45, 7) is 2.19. The number of oxime groups is 1. The Bertz CT molecular complexity index is 1320. The molecule has 0 aromatic carbocycles. The van der Waals surface area contributed by atoms with Gasteiger partial charge in [0.25, 0.3) is 11.8 Å². The van der Waals surface area contributed by atoms with Crippen molar-refractivity contribution in [3.8, 4) is 0 Å². The van der Waals surface area contributed by atoms with E-state index in [1.54, 1.807) is 29.7 Å². The third-order valence-corrected chi connectivity index (χ3v) is 7.99. The van der Waals surface area contributed by atoms with E-state index in [-0.39, 0.29) is 35.4 Å². The summed E-state index contributed by atoms with van der Waals surface area (Å²) in [5.41, 5.74) is 6.26. The number of nitrogens with two attached hydrogens (primary N) is 1. The Morgan fingerprint density at radius 3 is 2.92 bits per heavy atom. The number of thiazole rings is 1. The van der Waals surface area contributed by atoms with Gasteiger partial charge in [-0.25, -0.2) is 14.8 Å². The number of β-lactam (4-membered cyclic amide) rings is 1. The van der Waals surface area contributed by atoms with E-state index in [1.807, 2.05) is 11.0 Å². The zero-order valence-electron chi connectivity index (χ0n) is 19.3. The number of anilines is 1. The first-order valence-electron chi connectivity index (χ1n) is 11.1. The fourth-order valence-electron chi connectivity index (χ4n) is 4.14. The molecule has 1 fully saturated rings. The lowest BCUT2D eigenvalue weighted by molar-refractivity contribution is -0.150. The molecular formula is C21H21ClN8O5S2. The van der Waals surface area contributed by atoms with Crippen molar-refractivity contribution in [3.63, 3.8) is 0 Å². The molecule has 1 aromatic heterocycles. The highest BCUT2D eigenvalue weighted by Crippen LogP contribution is 2.41. The van der Waals surface area contributed by atoms with Gasteiger partial charge in [0.1, 0.15) is 40.4 Å². The fourth-order valence-corrected chi connectivity index (χ4v) is 6.18. The smallest absolute Gasteiger partial charge is 0.352 e. The average molecular weight is 565 g/mol. The van der Waals surface area contributed by atoms with Gasteiger partial charge in [-0.3, -0.25) is 14.5 Å². The van der Waals surface area contributed by atoms with Gasteiger partial charge in [0, 0.05) is 36.5 Å². The van der Waals surface area contributed by atoms with E-state index in [2.05, 4.69) is 20.6 Å². The molecule has 5 heterocycles. The monoisotopic (exact) mass is 564 g/mol. The van der Waals surface area contributed by atoms with Crippen LogP contribution in [0.2, 0.25) is 0 Å². The summed E-state index contributed by atoms with van der Waals surface area (Å²) in [6, 6.07) is -0.934. The van der Waals surface area contributed by atoms with Crippen molar-refractivity contribution in [2.45, 2.75) is 24.8 Å². The summed E-state index contributed by atoms with van der Waals surface area (Å²) in [6.07, 6.45) is 5.87. The molecule has 0 bridgehead atoms. The van der Waals surface area contributed by atoms with Crippen LogP contribution in [-0.2, 0) is 19.2 Å². The molecule has 4 N–H and O–H groups in total. The molecule has 2 amide bonds. The first-order chi connectivity index (χ1) is 17.8. The maximum absolute atomic E-state index is 13.1. The third-order valence-electron chi connectivity index (χ3n) is 5.75. The standard InChI is InChI=1S/C21H21ClN8O5S2/c1-2-35-27-14(11-9-37-21(23)24-11)17(31)25-15-18(32)30-16(20(33)34)10(8-36-19(15)30)7-28-5-6-29-13(28)4-3-12(22)26-29/h4-6,9,15,19H,2-3,7-8H2,1H3,(H2,23,24)(H,25,31)(H,33,34)/t15-,19+/m1/s1. The first-order valence-corrected chi connectivity index (χ1v) is 13.4. The molecule has 1 saturated heterocycles. The molecule has 4 aliphatic heterocycles. The Kier molecular flexibility index (Phi) is 6.83. The fraction of sp³-hybridized carbons (Fsp3) is 0.333. The largest absolute Gasteiger partial charge is 0.477 e. The van der Waals surface area contributed by atoms with Crippen LogP contribution in [0.25, 0.3) is 0 Å². The molecule has 16 heteroatoms.